The Kier molecular flexibility index (Phi) is 7.80. The minimum atomic E-state index is 0.686. The molecule has 0 spiro atoms. The van der Waals surface area contributed by atoms with Crippen molar-refractivity contribution in [3.63, 3.8) is 0 Å². The first kappa shape index (κ1) is 14.3. The molecule has 0 aliphatic heterocycles. The Morgan fingerprint density at radius 2 is 2.00 bits per heavy atom. The molecular weight excluding hydrogens is 230 g/mol. The maximum absolute atomic E-state index is 5.08. The molecule has 1 N–H and O–H groups in total. The highest BCUT2D eigenvalue weighted by molar-refractivity contribution is 7.99. The Morgan fingerprint density at radius 1 is 1.29 bits per heavy atom. The first-order valence-corrected chi connectivity index (χ1v) is 6.98. The Bertz CT molecular complexity index is 311. The molecule has 3 heteroatoms. The fourth-order valence-corrected chi connectivity index (χ4v) is 2.09. The molecule has 1 rings (SSSR count). The molecule has 0 fully saturated rings. The van der Waals surface area contributed by atoms with E-state index in [-0.39, 0.29) is 0 Å². The van der Waals surface area contributed by atoms with Gasteiger partial charge >= 0.3 is 0 Å². The highest BCUT2D eigenvalue weighted by Gasteiger charge is 1.94. The lowest BCUT2D eigenvalue weighted by atomic mass is 10.1. The van der Waals surface area contributed by atoms with Gasteiger partial charge in [0, 0.05) is 31.7 Å². The van der Waals surface area contributed by atoms with Crippen LogP contribution in [0.3, 0.4) is 0 Å². The van der Waals surface area contributed by atoms with Crippen LogP contribution in [0.1, 0.15) is 11.1 Å². The van der Waals surface area contributed by atoms with Gasteiger partial charge in [0.2, 0.25) is 0 Å². The van der Waals surface area contributed by atoms with Crippen molar-refractivity contribution in [3.8, 4) is 0 Å². The van der Waals surface area contributed by atoms with Crippen molar-refractivity contribution in [1.29, 1.82) is 0 Å². The summed E-state index contributed by atoms with van der Waals surface area (Å²) in [5.74, 6) is 2.17. The van der Waals surface area contributed by atoms with E-state index in [9.17, 15) is 0 Å². The average Bonchev–Trinajstić information content (AvgIpc) is 2.36. The smallest absolute Gasteiger partial charge is 0.0713 e. The number of nitrogens with one attached hydrogen (secondary N) is 1. The molecule has 0 aliphatic carbocycles. The van der Waals surface area contributed by atoms with Crippen LogP contribution in [0.15, 0.2) is 36.9 Å². The molecule has 1 aromatic rings. The summed E-state index contributed by atoms with van der Waals surface area (Å²) in [7, 11) is 1.72. The van der Waals surface area contributed by atoms with E-state index in [2.05, 4.69) is 36.2 Å². The van der Waals surface area contributed by atoms with Crippen LogP contribution < -0.4 is 5.32 Å². The second-order valence-corrected chi connectivity index (χ2v) is 4.94. The van der Waals surface area contributed by atoms with Crippen LogP contribution in [-0.4, -0.2) is 25.2 Å². The number of hydrogen-bond donors (Lipinski definition) is 1. The van der Waals surface area contributed by atoms with Gasteiger partial charge in [-0.3, -0.25) is 0 Å². The van der Waals surface area contributed by atoms with Crippen LogP contribution in [0, 0.1) is 0 Å². The van der Waals surface area contributed by atoms with E-state index in [1.807, 2.05) is 17.8 Å². The molecule has 0 aromatic heterocycles. The number of hydrogen-bond acceptors (Lipinski definition) is 3. The molecule has 0 atom stereocenters. The van der Waals surface area contributed by atoms with Crippen molar-refractivity contribution in [2.24, 2.45) is 0 Å². The van der Waals surface area contributed by atoms with Gasteiger partial charge in [-0.25, -0.2) is 0 Å². The molecule has 17 heavy (non-hydrogen) atoms. The Morgan fingerprint density at radius 3 is 2.65 bits per heavy atom. The maximum Gasteiger partial charge on any atom is 0.0713 e. The normalized spacial score (nSPS) is 10.4. The molecule has 94 valence electrons. The molecule has 2 nitrogen and oxygen atoms in total. The van der Waals surface area contributed by atoms with Gasteiger partial charge in [-0.15, -0.1) is 6.58 Å². The largest absolute Gasteiger partial charge is 0.380 e. The Labute approximate surface area is 108 Å². The minimum absolute atomic E-state index is 0.686. The minimum Gasteiger partial charge on any atom is -0.380 e. The fraction of sp³-hybridized carbons (Fsp3) is 0.429. The van der Waals surface area contributed by atoms with Crippen LogP contribution in [0.5, 0.6) is 0 Å². The van der Waals surface area contributed by atoms with E-state index >= 15 is 0 Å². The number of ether oxygens (including phenoxy) is 1. The zero-order valence-electron chi connectivity index (χ0n) is 10.4. The third-order valence-electron chi connectivity index (χ3n) is 2.32. The fourth-order valence-electron chi connectivity index (χ4n) is 1.46. The second kappa shape index (κ2) is 9.28. The van der Waals surface area contributed by atoms with Gasteiger partial charge in [0.25, 0.3) is 0 Å². The average molecular weight is 251 g/mol. The molecule has 0 aliphatic rings. The standard InChI is InChI=1S/C14H21NOS/c1-3-9-17-10-8-15-11-13-4-6-14(7-5-13)12-16-2/h3-7,15H,1,8-12H2,2H3. The lowest BCUT2D eigenvalue weighted by Crippen LogP contribution is -2.16. The van der Waals surface area contributed by atoms with Crippen molar-refractivity contribution in [2.45, 2.75) is 13.2 Å². The summed E-state index contributed by atoms with van der Waals surface area (Å²) in [6.07, 6.45) is 1.94. The van der Waals surface area contributed by atoms with Gasteiger partial charge < -0.3 is 10.1 Å². The van der Waals surface area contributed by atoms with Gasteiger partial charge in [0.05, 0.1) is 6.61 Å². The van der Waals surface area contributed by atoms with Crippen LogP contribution in [-0.2, 0) is 17.9 Å². The van der Waals surface area contributed by atoms with Crippen molar-refractivity contribution in [2.75, 3.05) is 25.2 Å². The highest BCUT2D eigenvalue weighted by Crippen LogP contribution is 2.05. The highest BCUT2D eigenvalue weighted by atomic mass is 32.2. The van der Waals surface area contributed by atoms with Crippen LogP contribution in [0.2, 0.25) is 0 Å². The van der Waals surface area contributed by atoms with Crippen molar-refractivity contribution in [3.05, 3.63) is 48.0 Å². The molecule has 0 unspecified atom stereocenters. The number of rotatable bonds is 9. The van der Waals surface area contributed by atoms with Crippen molar-refractivity contribution >= 4 is 11.8 Å². The van der Waals surface area contributed by atoms with Crippen LogP contribution in [0.4, 0.5) is 0 Å². The van der Waals surface area contributed by atoms with E-state index in [4.69, 9.17) is 4.74 Å². The third-order valence-corrected chi connectivity index (χ3v) is 3.29. The molecule has 0 amide bonds. The lowest BCUT2D eigenvalue weighted by Gasteiger charge is -2.05. The summed E-state index contributed by atoms with van der Waals surface area (Å²) in [5, 5.41) is 3.43. The quantitative estimate of drug-likeness (QED) is 0.538. The second-order valence-electron chi connectivity index (χ2n) is 3.79. The summed E-state index contributed by atoms with van der Waals surface area (Å²) >= 11 is 1.90. The lowest BCUT2D eigenvalue weighted by molar-refractivity contribution is 0.185. The molecule has 0 saturated heterocycles. The zero-order chi connectivity index (χ0) is 12.3. The predicted molar refractivity (Wildman–Crippen MR) is 76.4 cm³/mol. The van der Waals surface area contributed by atoms with Crippen molar-refractivity contribution in [1.82, 2.24) is 5.32 Å². The Hall–Kier alpha value is -0.770. The van der Waals surface area contributed by atoms with E-state index in [0.29, 0.717) is 6.61 Å². The van der Waals surface area contributed by atoms with E-state index in [1.165, 1.54) is 11.1 Å². The predicted octanol–water partition coefficient (Wildman–Crippen LogP) is 2.84. The third kappa shape index (κ3) is 6.51. The number of methoxy groups -OCH3 is 1. The van der Waals surface area contributed by atoms with E-state index in [0.717, 1.165) is 24.6 Å². The summed E-state index contributed by atoms with van der Waals surface area (Å²) < 4.78 is 5.08. The topological polar surface area (TPSA) is 21.3 Å². The molecule has 0 heterocycles. The van der Waals surface area contributed by atoms with Gasteiger partial charge in [0.1, 0.15) is 0 Å². The Balaban J connectivity index is 2.16. The van der Waals surface area contributed by atoms with Crippen molar-refractivity contribution < 1.29 is 4.74 Å². The summed E-state index contributed by atoms with van der Waals surface area (Å²) in [4.78, 5) is 0. The summed E-state index contributed by atoms with van der Waals surface area (Å²) in [6.45, 7) is 6.36. The summed E-state index contributed by atoms with van der Waals surface area (Å²) in [5.41, 5.74) is 2.54. The molecule has 0 radical (unpaired) electrons. The van der Waals surface area contributed by atoms with Gasteiger partial charge in [-0.05, 0) is 11.1 Å². The van der Waals surface area contributed by atoms with Gasteiger partial charge in [-0.2, -0.15) is 11.8 Å². The molecule has 1 aromatic carbocycles. The van der Waals surface area contributed by atoms with Gasteiger partial charge in [-0.1, -0.05) is 30.3 Å². The van der Waals surface area contributed by atoms with Gasteiger partial charge in [0.15, 0.2) is 0 Å². The monoisotopic (exact) mass is 251 g/mol. The maximum atomic E-state index is 5.08. The molecule has 0 bridgehead atoms. The molecule has 0 saturated carbocycles. The first-order valence-electron chi connectivity index (χ1n) is 5.83. The first-order chi connectivity index (χ1) is 8.36. The number of benzene rings is 1. The van der Waals surface area contributed by atoms with E-state index in [1.54, 1.807) is 7.11 Å². The van der Waals surface area contributed by atoms with Crippen LogP contribution >= 0.6 is 11.8 Å². The zero-order valence-corrected chi connectivity index (χ0v) is 11.3. The summed E-state index contributed by atoms with van der Waals surface area (Å²) in [6, 6.07) is 8.54. The van der Waals surface area contributed by atoms with Crippen LogP contribution in [0.25, 0.3) is 0 Å². The van der Waals surface area contributed by atoms with E-state index < -0.39 is 0 Å². The number of thioether (sulfide) groups is 1. The molecular formula is C14H21NOS. The SMILES string of the molecule is C=CCSCCNCc1ccc(COC)cc1.